The number of hydrogen-bond acceptors (Lipinski definition) is 5. The van der Waals surface area contributed by atoms with E-state index in [9.17, 15) is 14.0 Å². The van der Waals surface area contributed by atoms with Gasteiger partial charge in [-0.25, -0.2) is 9.37 Å². The third-order valence-electron chi connectivity index (χ3n) is 4.69. The number of rotatable bonds is 6. The number of halogens is 1. The molecule has 0 radical (unpaired) electrons. The fraction of sp³-hybridized carbons (Fsp3) is 0.0833. The quantitative estimate of drug-likeness (QED) is 0.353. The lowest BCUT2D eigenvalue weighted by Gasteiger charge is -2.14. The van der Waals surface area contributed by atoms with Gasteiger partial charge < -0.3 is 5.32 Å². The van der Waals surface area contributed by atoms with Gasteiger partial charge in [0.05, 0.1) is 34.8 Å². The number of carbonyl (C=O) groups is 1. The summed E-state index contributed by atoms with van der Waals surface area (Å²) in [6, 6.07) is 21.8. The van der Waals surface area contributed by atoms with E-state index >= 15 is 0 Å². The molecule has 0 unspecified atom stereocenters. The number of para-hydroxylation sites is 2. The molecule has 158 valence electrons. The van der Waals surface area contributed by atoms with Gasteiger partial charge in [-0.05, 0) is 42.0 Å². The summed E-state index contributed by atoms with van der Waals surface area (Å²) in [4.78, 5) is 30.1. The summed E-state index contributed by atoms with van der Waals surface area (Å²) in [6.07, 6.45) is 0.297. The summed E-state index contributed by atoms with van der Waals surface area (Å²) < 4.78 is 15.7. The van der Waals surface area contributed by atoms with Crippen molar-refractivity contribution in [2.24, 2.45) is 0 Å². The molecule has 0 saturated carbocycles. The predicted octanol–water partition coefficient (Wildman–Crippen LogP) is 4.32. The number of hydrogen-bond donors (Lipinski definition) is 1. The Morgan fingerprint density at radius 2 is 1.78 bits per heavy atom. The zero-order valence-corrected chi connectivity index (χ0v) is 17.6. The first kappa shape index (κ1) is 21.3. The maximum atomic E-state index is 14.5. The zero-order chi connectivity index (χ0) is 22.5. The van der Waals surface area contributed by atoms with E-state index in [0.717, 1.165) is 17.3 Å². The molecular formula is C24H17FN4O2S. The van der Waals surface area contributed by atoms with E-state index < -0.39 is 11.4 Å². The molecule has 1 heterocycles. The second kappa shape index (κ2) is 9.45. The van der Waals surface area contributed by atoms with Gasteiger partial charge in [-0.1, -0.05) is 48.2 Å². The van der Waals surface area contributed by atoms with E-state index in [1.54, 1.807) is 60.7 Å². The SMILES string of the molecule is N#CCc1ccc(NC(=O)CSc2nc3ccccc3c(=O)n2-c2ccccc2F)cc1. The van der Waals surface area contributed by atoms with Crippen LogP contribution in [0.4, 0.5) is 10.1 Å². The number of aromatic nitrogens is 2. The lowest BCUT2D eigenvalue weighted by atomic mass is 10.1. The van der Waals surface area contributed by atoms with E-state index in [0.29, 0.717) is 23.0 Å². The molecule has 0 bridgehead atoms. The van der Waals surface area contributed by atoms with Crippen molar-refractivity contribution in [1.82, 2.24) is 9.55 Å². The standard InChI is InChI=1S/C24H17FN4O2S/c25-19-6-2-4-8-21(19)29-23(31)18-5-1-3-7-20(18)28-24(29)32-15-22(30)27-17-11-9-16(10-12-17)13-14-26/h1-12H,13,15H2,(H,27,30). The van der Waals surface area contributed by atoms with Gasteiger partial charge in [0.2, 0.25) is 5.91 Å². The highest BCUT2D eigenvalue weighted by molar-refractivity contribution is 7.99. The van der Waals surface area contributed by atoms with Crippen LogP contribution < -0.4 is 10.9 Å². The normalized spacial score (nSPS) is 10.6. The van der Waals surface area contributed by atoms with Crippen molar-refractivity contribution < 1.29 is 9.18 Å². The lowest BCUT2D eigenvalue weighted by molar-refractivity contribution is -0.113. The third-order valence-corrected chi connectivity index (χ3v) is 5.63. The van der Waals surface area contributed by atoms with Gasteiger partial charge in [0, 0.05) is 5.69 Å². The monoisotopic (exact) mass is 444 g/mol. The highest BCUT2D eigenvalue weighted by atomic mass is 32.2. The van der Waals surface area contributed by atoms with E-state index in [1.807, 2.05) is 0 Å². The lowest BCUT2D eigenvalue weighted by Crippen LogP contribution is -2.23. The molecule has 0 atom stereocenters. The van der Waals surface area contributed by atoms with Gasteiger partial charge in [0.1, 0.15) is 5.82 Å². The largest absolute Gasteiger partial charge is 0.325 e. The van der Waals surface area contributed by atoms with Crippen LogP contribution in [0, 0.1) is 17.1 Å². The molecule has 3 aromatic carbocycles. The summed E-state index contributed by atoms with van der Waals surface area (Å²) in [5.74, 6) is -0.889. The summed E-state index contributed by atoms with van der Waals surface area (Å²) in [5, 5.41) is 12.1. The average Bonchev–Trinajstić information content (AvgIpc) is 2.80. The number of benzene rings is 3. The highest BCUT2D eigenvalue weighted by Gasteiger charge is 2.17. The molecule has 0 aliphatic carbocycles. The molecule has 1 amide bonds. The Morgan fingerprint density at radius 3 is 2.53 bits per heavy atom. The van der Waals surface area contributed by atoms with Crippen LogP contribution in [0.25, 0.3) is 16.6 Å². The second-order valence-electron chi connectivity index (χ2n) is 6.87. The van der Waals surface area contributed by atoms with Gasteiger partial charge in [-0.3, -0.25) is 14.2 Å². The number of thioether (sulfide) groups is 1. The van der Waals surface area contributed by atoms with Crippen molar-refractivity contribution in [3.63, 3.8) is 0 Å². The number of nitriles is 1. The maximum absolute atomic E-state index is 14.5. The fourth-order valence-electron chi connectivity index (χ4n) is 3.18. The number of amides is 1. The van der Waals surface area contributed by atoms with Crippen LogP contribution in [0.1, 0.15) is 5.56 Å². The van der Waals surface area contributed by atoms with Crippen LogP contribution in [-0.2, 0) is 11.2 Å². The Bertz CT molecular complexity index is 1390. The molecule has 6 nitrogen and oxygen atoms in total. The van der Waals surface area contributed by atoms with Crippen LogP contribution in [0.3, 0.4) is 0 Å². The first-order valence-corrected chi connectivity index (χ1v) is 10.7. The van der Waals surface area contributed by atoms with Gasteiger partial charge in [-0.2, -0.15) is 5.26 Å². The van der Waals surface area contributed by atoms with Crippen LogP contribution >= 0.6 is 11.8 Å². The Balaban J connectivity index is 1.61. The Hall–Kier alpha value is -3.96. The van der Waals surface area contributed by atoms with Crippen molar-refractivity contribution in [3.05, 3.63) is 94.5 Å². The summed E-state index contributed by atoms with van der Waals surface area (Å²) >= 11 is 1.05. The third kappa shape index (κ3) is 4.53. The van der Waals surface area contributed by atoms with Crippen molar-refractivity contribution in [2.45, 2.75) is 11.6 Å². The Labute approximate surface area is 187 Å². The molecular weight excluding hydrogens is 427 g/mol. The van der Waals surface area contributed by atoms with Crippen molar-refractivity contribution >= 4 is 34.3 Å². The second-order valence-corrected chi connectivity index (χ2v) is 7.81. The average molecular weight is 444 g/mol. The molecule has 0 fully saturated rings. The molecule has 0 saturated heterocycles. The van der Waals surface area contributed by atoms with Gasteiger partial charge in [0.15, 0.2) is 5.16 Å². The van der Waals surface area contributed by atoms with Gasteiger partial charge in [0.25, 0.3) is 5.56 Å². The van der Waals surface area contributed by atoms with Crippen LogP contribution in [0.15, 0.2) is 82.7 Å². The molecule has 1 N–H and O–H groups in total. The van der Waals surface area contributed by atoms with E-state index in [4.69, 9.17) is 5.26 Å². The number of anilines is 1. The first-order valence-electron chi connectivity index (χ1n) is 9.72. The maximum Gasteiger partial charge on any atom is 0.266 e. The topological polar surface area (TPSA) is 87.8 Å². The molecule has 32 heavy (non-hydrogen) atoms. The van der Waals surface area contributed by atoms with Crippen molar-refractivity contribution in [2.75, 3.05) is 11.1 Å². The summed E-state index contributed by atoms with van der Waals surface area (Å²) in [7, 11) is 0. The number of fused-ring (bicyclic) bond motifs is 1. The van der Waals surface area contributed by atoms with Crippen LogP contribution in [0.2, 0.25) is 0 Å². The fourth-order valence-corrected chi connectivity index (χ4v) is 3.98. The smallest absolute Gasteiger partial charge is 0.266 e. The number of nitrogens with zero attached hydrogens (tertiary/aromatic N) is 3. The van der Waals surface area contributed by atoms with Gasteiger partial charge in [-0.15, -0.1) is 0 Å². The molecule has 1 aromatic heterocycles. The number of nitrogens with one attached hydrogen (secondary N) is 1. The Kier molecular flexibility index (Phi) is 6.29. The minimum atomic E-state index is -0.560. The number of carbonyl (C=O) groups excluding carboxylic acids is 1. The molecule has 4 rings (SSSR count). The highest BCUT2D eigenvalue weighted by Crippen LogP contribution is 2.23. The minimum absolute atomic E-state index is 0.0286. The van der Waals surface area contributed by atoms with Gasteiger partial charge >= 0.3 is 0 Å². The molecule has 0 spiro atoms. The predicted molar refractivity (Wildman–Crippen MR) is 122 cm³/mol. The molecule has 4 aromatic rings. The van der Waals surface area contributed by atoms with Crippen LogP contribution in [-0.4, -0.2) is 21.2 Å². The molecule has 8 heteroatoms. The molecule has 0 aliphatic heterocycles. The minimum Gasteiger partial charge on any atom is -0.325 e. The summed E-state index contributed by atoms with van der Waals surface area (Å²) in [6.45, 7) is 0. The van der Waals surface area contributed by atoms with E-state index in [1.165, 1.54) is 16.7 Å². The van der Waals surface area contributed by atoms with Crippen molar-refractivity contribution in [3.8, 4) is 11.8 Å². The zero-order valence-electron chi connectivity index (χ0n) is 16.8. The first-order chi connectivity index (χ1) is 15.6. The summed E-state index contributed by atoms with van der Waals surface area (Å²) in [5.41, 5.74) is 1.59. The van der Waals surface area contributed by atoms with E-state index in [2.05, 4.69) is 16.4 Å². The van der Waals surface area contributed by atoms with Crippen LogP contribution in [0.5, 0.6) is 0 Å². The Morgan fingerprint density at radius 1 is 1.06 bits per heavy atom. The van der Waals surface area contributed by atoms with E-state index in [-0.39, 0.29) is 22.5 Å². The van der Waals surface area contributed by atoms with Crippen molar-refractivity contribution in [1.29, 1.82) is 5.26 Å². The molecule has 0 aliphatic rings.